The van der Waals surface area contributed by atoms with E-state index in [1.54, 1.807) is 0 Å². The van der Waals surface area contributed by atoms with Crippen LogP contribution in [0, 0.1) is 5.92 Å². The number of benzene rings is 2. The first kappa shape index (κ1) is 38.9. The lowest BCUT2D eigenvalue weighted by molar-refractivity contribution is -0.126. The number of aromatic nitrogens is 3. The van der Waals surface area contributed by atoms with Crippen LogP contribution in [0.5, 0.6) is 0 Å². The number of fused-ring (bicyclic) bond motifs is 1. The van der Waals surface area contributed by atoms with E-state index in [-0.39, 0.29) is 30.7 Å². The highest BCUT2D eigenvalue weighted by Gasteiger charge is 2.22. The van der Waals surface area contributed by atoms with Crippen LogP contribution in [0.15, 0.2) is 54.7 Å². The second-order valence-corrected chi connectivity index (χ2v) is 13.9. The molecule has 52 heavy (non-hydrogen) atoms. The number of nitrogens with zero attached hydrogens (tertiary/aromatic N) is 4. The summed E-state index contributed by atoms with van der Waals surface area (Å²) in [5.41, 5.74) is 8.52. The fourth-order valence-electron chi connectivity index (χ4n) is 7.23. The number of nitrogens with one attached hydrogen (secondary N) is 3. The molecule has 2 saturated heterocycles. The number of aryl methyl sites for hydroxylation is 2. The Labute approximate surface area is 310 Å². The third-order valence-electron chi connectivity index (χ3n) is 10.3. The fourth-order valence-corrected chi connectivity index (χ4v) is 7.23. The zero-order valence-electron chi connectivity index (χ0n) is 32.0. The van der Waals surface area contributed by atoms with Crippen molar-refractivity contribution < 1.29 is 14.3 Å². The van der Waals surface area contributed by atoms with Crippen molar-refractivity contribution in [2.24, 2.45) is 5.92 Å². The van der Waals surface area contributed by atoms with Crippen molar-refractivity contribution in [2.45, 2.75) is 105 Å². The lowest BCUT2D eigenvalue weighted by Crippen LogP contribution is -2.30. The first-order valence-electron chi connectivity index (χ1n) is 19.5. The SMILES string of the molecule is CC.CCc1nc2c(cnn2CC)c(NC2CCOCC2)c1CNC(=O)CCC(=O)NCc1cccc(-c2cccc(CC3CCN(C)CC3)c2)c1. The molecule has 10 heteroatoms. The quantitative estimate of drug-likeness (QED) is 0.131. The van der Waals surface area contributed by atoms with Crippen molar-refractivity contribution in [3.63, 3.8) is 0 Å². The minimum absolute atomic E-state index is 0.115. The van der Waals surface area contributed by atoms with Crippen LogP contribution in [-0.2, 0) is 46.8 Å². The highest BCUT2D eigenvalue weighted by molar-refractivity contribution is 5.92. The molecule has 0 bridgehead atoms. The minimum atomic E-state index is -0.161. The molecule has 0 radical (unpaired) electrons. The molecule has 2 amide bonds. The summed E-state index contributed by atoms with van der Waals surface area (Å²) in [6.45, 7) is 13.4. The Balaban J connectivity index is 0.00000257. The van der Waals surface area contributed by atoms with Crippen LogP contribution in [0.2, 0.25) is 0 Å². The number of carbonyl (C=O) groups is 2. The van der Waals surface area contributed by atoms with Gasteiger partial charge in [-0.15, -0.1) is 0 Å². The number of hydrogen-bond acceptors (Lipinski definition) is 7. The standard InChI is InChI=1S/C40H53N7O3.C2H6/c1-4-36-34(39(44-33-16-20-50-21-17-33)35-27-43-47(5-2)40(35)45-36)26-42-38(49)13-12-37(48)41-25-30-9-7-11-32(24-30)31-10-6-8-29(23-31)22-28-14-18-46(3)19-15-28;1-2/h6-11,23-24,27-28,33H,4-5,12-22,25-26H2,1-3H3,(H,41,48)(H,42,49)(H,44,45);1-2H3. The summed E-state index contributed by atoms with van der Waals surface area (Å²) in [5.74, 6) is 0.441. The number of anilines is 1. The molecule has 4 aromatic rings. The van der Waals surface area contributed by atoms with Gasteiger partial charge in [0.15, 0.2) is 5.65 Å². The van der Waals surface area contributed by atoms with Gasteiger partial charge in [0, 0.05) is 63.0 Å². The molecule has 6 rings (SSSR count). The fraction of sp³-hybridized carbons (Fsp3) is 0.524. The normalized spacial score (nSPS) is 15.6. The van der Waals surface area contributed by atoms with E-state index in [1.807, 2.05) is 36.9 Å². The smallest absolute Gasteiger partial charge is 0.220 e. The summed E-state index contributed by atoms with van der Waals surface area (Å²) in [7, 11) is 2.21. The van der Waals surface area contributed by atoms with E-state index in [4.69, 9.17) is 9.72 Å². The van der Waals surface area contributed by atoms with E-state index in [9.17, 15) is 9.59 Å². The van der Waals surface area contributed by atoms with Gasteiger partial charge in [-0.1, -0.05) is 63.2 Å². The predicted molar refractivity (Wildman–Crippen MR) is 210 cm³/mol. The van der Waals surface area contributed by atoms with Crippen LogP contribution in [0.3, 0.4) is 0 Å². The summed E-state index contributed by atoms with van der Waals surface area (Å²) >= 11 is 0. The lowest BCUT2D eigenvalue weighted by atomic mass is 9.89. The summed E-state index contributed by atoms with van der Waals surface area (Å²) in [5, 5.41) is 15.4. The molecule has 280 valence electrons. The first-order chi connectivity index (χ1) is 25.4. The Bertz CT molecular complexity index is 1760. The van der Waals surface area contributed by atoms with Gasteiger partial charge in [-0.3, -0.25) is 9.59 Å². The van der Waals surface area contributed by atoms with Gasteiger partial charge in [-0.25, -0.2) is 9.67 Å². The topological polar surface area (TPSA) is 113 Å². The molecule has 0 spiro atoms. The molecular weight excluding hydrogens is 651 g/mol. The summed E-state index contributed by atoms with van der Waals surface area (Å²) < 4.78 is 7.49. The van der Waals surface area contributed by atoms with E-state index >= 15 is 0 Å². The second kappa shape index (κ2) is 19.5. The number of piperidine rings is 1. The van der Waals surface area contributed by atoms with Crippen LogP contribution < -0.4 is 16.0 Å². The number of likely N-dealkylation sites (tertiary alicyclic amines) is 1. The monoisotopic (exact) mass is 709 g/mol. The third kappa shape index (κ3) is 10.4. The number of amides is 2. The molecule has 3 N–H and O–H groups in total. The first-order valence-corrected chi connectivity index (χ1v) is 19.5. The van der Waals surface area contributed by atoms with Crippen LogP contribution >= 0.6 is 0 Å². The highest BCUT2D eigenvalue weighted by atomic mass is 16.5. The molecule has 2 aromatic heterocycles. The molecule has 2 fully saturated rings. The maximum absolute atomic E-state index is 13.0. The Morgan fingerprint density at radius 1 is 0.865 bits per heavy atom. The molecule has 2 aliphatic heterocycles. The summed E-state index contributed by atoms with van der Waals surface area (Å²) in [4.78, 5) is 33.2. The van der Waals surface area contributed by atoms with Gasteiger partial charge in [-0.05, 0) is 99.8 Å². The van der Waals surface area contributed by atoms with Gasteiger partial charge < -0.3 is 25.6 Å². The number of carbonyl (C=O) groups excluding carboxylic acids is 2. The zero-order valence-corrected chi connectivity index (χ0v) is 32.0. The van der Waals surface area contributed by atoms with Crippen LogP contribution in [0.1, 0.15) is 88.6 Å². The van der Waals surface area contributed by atoms with Gasteiger partial charge in [0.2, 0.25) is 11.8 Å². The molecule has 2 aromatic carbocycles. The molecular formula is C42H59N7O3. The molecule has 0 saturated carbocycles. The number of pyridine rings is 1. The van der Waals surface area contributed by atoms with Gasteiger partial charge in [-0.2, -0.15) is 5.10 Å². The average molecular weight is 710 g/mol. The maximum atomic E-state index is 13.0. The number of hydrogen-bond donors (Lipinski definition) is 3. The van der Waals surface area contributed by atoms with Gasteiger partial charge in [0.05, 0.1) is 17.3 Å². The average Bonchev–Trinajstić information content (AvgIpc) is 3.61. The van der Waals surface area contributed by atoms with E-state index < -0.39 is 0 Å². The molecule has 0 atom stereocenters. The largest absolute Gasteiger partial charge is 0.381 e. The highest BCUT2D eigenvalue weighted by Crippen LogP contribution is 2.31. The molecule has 0 aliphatic carbocycles. The summed E-state index contributed by atoms with van der Waals surface area (Å²) in [6.07, 6.45) is 8.31. The Morgan fingerprint density at radius 3 is 2.15 bits per heavy atom. The minimum Gasteiger partial charge on any atom is -0.381 e. The van der Waals surface area contributed by atoms with Crippen molar-refractivity contribution >= 4 is 28.5 Å². The van der Waals surface area contributed by atoms with Crippen molar-refractivity contribution in [3.05, 3.63) is 77.1 Å². The summed E-state index contributed by atoms with van der Waals surface area (Å²) in [6, 6.07) is 17.5. The van der Waals surface area contributed by atoms with E-state index in [2.05, 4.69) is 83.2 Å². The lowest BCUT2D eigenvalue weighted by Gasteiger charge is -2.29. The Kier molecular flexibility index (Phi) is 14.6. The van der Waals surface area contributed by atoms with E-state index in [1.165, 1.54) is 37.1 Å². The number of ether oxygens (including phenoxy) is 1. The predicted octanol–water partition coefficient (Wildman–Crippen LogP) is 6.89. The Hall–Kier alpha value is -4.28. The van der Waals surface area contributed by atoms with Crippen molar-refractivity contribution in [1.29, 1.82) is 0 Å². The van der Waals surface area contributed by atoms with E-state index in [0.717, 1.165) is 90.5 Å². The Morgan fingerprint density at radius 2 is 1.50 bits per heavy atom. The van der Waals surface area contributed by atoms with Crippen LogP contribution in [-0.4, -0.2) is 70.9 Å². The van der Waals surface area contributed by atoms with Crippen LogP contribution in [0.4, 0.5) is 5.69 Å². The molecule has 4 heterocycles. The van der Waals surface area contributed by atoms with Crippen molar-refractivity contribution in [2.75, 3.05) is 38.7 Å². The number of rotatable bonds is 14. The zero-order chi connectivity index (χ0) is 36.9. The maximum Gasteiger partial charge on any atom is 0.220 e. The van der Waals surface area contributed by atoms with Crippen molar-refractivity contribution in [3.8, 4) is 11.1 Å². The molecule has 0 unspecified atom stereocenters. The van der Waals surface area contributed by atoms with Gasteiger partial charge in [0.1, 0.15) is 0 Å². The second-order valence-electron chi connectivity index (χ2n) is 13.9. The van der Waals surface area contributed by atoms with E-state index in [0.29, 0.717) is 13.1 Å². The van der Waals surface area contributed by atoms with Crippen molar-refractivity contribution in [1.82, 2.24) is 30.3 Å². The molecule has 2 aliphatic rings. The van der Waals surface area contributed by atoms with Gasteiger partial charge in [0.25, 0.3) is 0 Å². The van der Waals surface area contributed by atoms with Gasteiger partial charge >= 0.3 is 0 Å². The molecule has 10 nitrogen and oxygen atoms in total. The van der Waals surface area contributed by atoms with Crippen LogP contribution in [0.25, 0.3) is 22.2 Å². The third-order valence-corrected chi connectivity index (χ3v) is 10.3.